The quantitative estimate of drug-likeness (QED) is 0.0155. The molecule has 3 aliphatic heterocycles. The molecule has 0 N–H and O–H groups in total. The molecule has 3 aliphatic rings. The number of aryl methyl sites for hydroxylation is 1. The predicted octanol–water partition coefficient (Wildman–Crippen LogP) is -10.5. The van der Waals surface area contributed by atoms with Gasteiger partial charge in [-0.25, -0.2) is 55.3 Å². The van der Waals surface area contributed by atoms with Gasteiger partial charge in [-0.2, -0.15) is 4.58 Å². The molecular weight excluding hydrogens is 1350 g/mol. The van der Waals surface area contributed by atoms with Crippen molar-refractivity contribution in [2.24, 2.45) is 0 Å². The molecule has 456 valence electrons. The van der Waals surface area contributed by atoms with Crippen LogP contribution in [-0.4, -0.2) is 136 Å². The van der Waals surface area contributed by atoms with E-state index in [2.05, 4.69) is 0 Å². The molecule has 0 unspecified atom stereocenters. The number of nitrogens with zero attached hydrogens (tertiary/aromatic N) is 3. The van der Waals surface area contributed by atoms with Gasteiger partial charge in [-0.15, -0.1) is 5.06 Å². The number of anilines is 1. The van der Waals surface area contributed by atoms with Crippen LogP contribution in [0.1, 0.15) is 94.9 Å². The van der Waals surface area contributed by atoms with E-state index in [4.69, 9.17) is 4.84 Å². The maximum atomic E-state index is 13.0. The average molecular weight is 1400 g/mol. The number of unbranched alkanes of at least 4 members (excludes halogenated alkanes) is 2. The molecule has 0 spiro atoms. The van der Waals surface area contributed by atoms with E-state index >= 15 is 0 Å². The van der Waals surface area contributed by atoms with Crippen LogP contribution in [0.15, 0.2) is 122 Å². The first-order valence-electron chi connectivity index (χ1n) is 25.8. The SMILES string of the molecule is CC1(C)C(=CC=C(C=CC2=[N+](CCCCS(=O)(=O)[O-])c3ccc4c(S(=O)(=O)[O-])cc(S(=O)(=O)[O-])cc4c3C2(C)C)c2cccc(CCC(=O)ON3C(=O)CCC3=O)c2)N(CCCCS(=O)(=O)[O-])c2ccc3c(S(=O)(=O)[O-])cc(S(=O)(=O)[O-])cc3c21.[Na+].[Na+].[Na+].[Na+].[Na+]. The largest absolute Gasteiger partial charge is 1.00 e. The fourth-order valence-electron chi connectivity index (χ4n) is 11.1. The number of carbonyl (C=O) groups is 3. The minimum atomic E-state index is -5.44. The second kappa shape index (κ2) is 31.3. The van der Waals surface area contributed by atoms with Crippen molar-refractivity contribution in [3.05, 3.63) is 125 Å². The minimum absolute atomic E-state index is 0. The Bertz CT molecular complexity index is 4540. The number of hydroxylamine groups is 2. The average Bonchev–Trinajstić information content (AvgIpc) is 1.51. The smallest absolute Gasteiger partial charge is 0.748 e. The van der Waals surface area contributed by atoms with Gasteiger partial charge >= 0.3 is 154 Å². The molecule has 5 aromatic carbocycles. The van der Waals surface area contributed by atoms with E-state index in [1.54, 1.807) is 85.7 Å². The molecule has 0 radical (unpaired) electrons. The summed E-state index contributed by atoms with van der Waals surface area (Å²) in [4.78, 5) is 40.1. The number of amides is 2. The predicted molar refractivity (Wildman–Crippen MR) is 298 cm³/mol. The van der Waals surface area contributed by atoms with Crippen molar-refractivity contribution in [1.29, 1.82) is 0 Å². The molecule has 0 bridgehead atoms. The maximum absolute atomic E-state index is 13.0. The van der Waals surface area contributed by atoms with E-state index in [9.17, 15) is 92.2 Å². The monoisotopic (exact) mass is 1400 g/mol. The Morgan fingerprint density at radius 2 is 1.11 bits per heavy atom. The normalized spacial score (nSPS) is 16.3. The molecule has 25 nitrogen and oxygen atoms in total. The van der Waals surface area contributed by atoms with Gasteiger partial charge in [0, 0.05) is 77.2 Å². The molecule has 0 aliphatic carbocycles. The van der Waals surface area contributed by atoms with Gasteiger partial charge in [0.25, 0.3) is 11.8 Å². The summed E-state index contributed by atoms with van der Waals surface area (Å²) in [5, 5.41) is -0.280. The van der Waals surface area contributed by atoms with E-state index in [1.807, 2.05) is 0 Å². The molecule has 2 amide bonds. The molecule has 3 heterocycles. The third kappa shape index (κ3) is 18.9. The van der Waals surface area contributed by atoms with Crippen LogP contribution in [0.4, 0.5) is 11.4 Å². The summed E-state index contributed by atoms with van der Waals surface area (Å²) in [6.45, 7) is 6.60. The van der Waals surface area contributed by atoms with Crippen LogP contribution in [0.3, 0.4) is 0 Å². The summed E-state index contributed by atoms with van der Waals surface area (Å²) in [5.74, 6) is -3.79. The second-order valence-electron chi connectivity index (χ2n) is 21.4. The molecule has 0 saturated carbocycles. The van der Waals surface area contributed by atoms with Gasteiger partial charge in [0.1, 0.15) is 47.0 Å². The Morgan fingerprint density at radius 1 is 0.600 bits per heavy atom. The van der Waals surface area contributed by atoms with Crippen LogP contribution in [-0.2, 0) is 97.2 Å². The van der Waals surface area contributed by atoms with Gasteiger partial charge in [0.2, 0.25) is 5.69 Å². The van der Waals surface area contributed by atoms with Crippen LogP contribution in [0.2, 0.25) is 0 Å². The van der Waals surface area contributed by atoms with Gasteiger partial charge in [-0.3, -0.25) is 9.59 Å². The fourth-order valence-corrected chi connectivity index (χ4v) is 14.9. The summed E-state index contributed by atoms with van der Waals surface area (Å²) >= 11 is 0. The van der Waals surface area contributed by atoms with Crippen molar-refractivity contribution in [2.75, 3.05) is 29.5 Å². The van der Waals surface area contributed by atoms with E-state index in [0.29, 0.717) is 56.7 Å². The Labute approximate surface area is 632 Å². The minimum Gasteiger partial charge on any atom is -0.748 e. The number of fused-ring (bicyclic) bond motifs is 6. The molecule has 1 saturated heterocycles. The molecule has 5 aromatic rings. The van der Waals surface area contributed by atoms with E-state index in [-0.39, 0.29) is 245 Å². The number of rotatable bonds is 22. The van der Waals surface area contributed by atoms with Gasteiger partial charge < -0.3 is 37.1 Å². The zero-order valence-corrected chi connectivity index (χ0v) is 65.4. The number of carbonyl (C=O) groups excluding carboxylic acids is 3. The summed E-state index contributed by atoms with van der Waals surface area (Å²) < 4.78 is 223. The number of benzene rings is 5. The summed E-state index contributed by atoms with van der Waals surface area (Å²) in [7, 11) is -31.1. The van der Waals surface area contributed by atoms with Crippen LogP contribution in [0.25, 0.3) is 27.1 Å². The van der Waals surface area contributed by atoms with Gasteiger partial charge in [0.05, 0.1) is 51.7 Å². The molecule has 8 rings (SSSR count). The molecular formula is C54H52N3Na5O22S6. The summed E-state index contributed by atoms with van der Waals surface area (Å²) in [6, 6.07) is 14.9. The maximum Gasteiger partial charge on any atom is 1.00 e. The number of allylic oxidation sites excluding steroid dienone is 6. The van der Waals surface area contributed by atoms with Gasteiger partial charge in [0.15, 0.2) is 5.71 Å². The number of imide groups is 1. The zero-order valence-electron chi connectivity index (χ0n) is 50.5. The molecule has 0 aromatic heterocycles. The third-order valence-corrected chi connectivity index (χ3v) is 19.8. The standard InChI is InChI=1S/C54H57N3O22S6.5Na/c1-53(2)46(55(24-5-7-26-80(61,62)63)42-17-15-38-40(51(42)53)29-36(82(67,68)69)31-44(38)84(73,74)75)19-13-34(35-11-9-10-33(28-35)12-23-50(60)79-57-48(58)21-22-49(57)59)14-20-47-54(3,4)52-41-30-37(83(70,71)72)32-45(85(76,77)78)39(41)16-18-43(52)56(47)25-6-8-27-81(64,65)66;;;;;/h9-11,13-20,28-32H,5-8,12,21-27H2,1-4H3,(H5-,61,62,63,64,65,66,67,68,69,70,71,72,73,74,75,76,77,78);;;;;/q;5*+1/p-5. The van der Waals surface area contributed by atoms with Crippen molar-refractivity contribution < 1.29 is 249 Å². The molecule has 1 fully saturated rings. The van der Waals surface area contributed by atoms with E-state index in [1.165, 1.54) is 24.3 Å². The summed E-state index contributed by atoms with van der Waals surface area (Å²) in [5.41, 5.74) is 0.418. The van der Waals surface area contributed by atoms with Crippen LogP contribution in [0.5, 0.6) is 0 Å². The van der Waals surface area contributed by atoms with E-state index in [0.717, 1.165) is 12.1 Å². The number of hydrogen-bond donors (Lipinski definition) is 0. The zero-order chi connectivity index (χ0) is 62.8. The van der Waals surface area contributed by atoms with Crippen molar-refractivity contribution in [3.8, 4) is 0 Å². The first-order chi connectivity index (χ1) is 39.2. The first-order valence-corrected chi connectivity index (χ1v) is 34.6. The summed E-state index contributed by atoms with van der Waals surface area (Å²) in [6.07, 6.45) is 5.67. The van der Waals surface area contributed by atoms with Crippen LogP contribution in [0, 0.1) is 0 Å². The van der Waals surface area contributed by atoms with Crippen LogP contribution >= 0.6 is 0 Å². The van der Waals surface area contributed by atoms with Crippen molar-refractivity contribution >= 4 is 123 Å². The van der Waals surface area contributed by atoms with Crippen molar-refractivity contribution in [2.45, 2.75) is 109 Å². The number of hydrogen-bond acceptors (Lipinski definition) is 23. The van der Waals surface area contributed by atoms with Crippen molar-refractivity contribution in [3.63, 3.8) is 0 Å². The molecule has 36 heteroatoms. The third-order valence-electron chi connectivity index (χ3n) is 14.9. The Balaban J connectivity index is 0.00000423. The Morgan fingerprint density at radius 3 is 1.62 bits per heavy atom. The second-order valence-corrected chi connectivity index (χ2v) is 29.9. The van der Waals surface area contributed by atoms with Gasteiger partial charge in [-0.05, 0) is 127 Å². The first kappa shape index (κ1) is 82.6. The Kier molecular flexibility index (Phi) is 28.7. The Hall–Kier alpha value is -1.62. The fraction of sp³-hybridized carbons (Fsp3) is 0.333. The van der Waals surface area contributed by atoms with Crippen molar-refractivity contribution in [1.82, 2.24) is 5.06 Å². The topological polar surface area (TPSA) is 413 Å². The molecule has 0 atom stereocenters. The van der Waals surface area contributed by atoms with Crippen LogP contribution < -0.4 is 153 Å². The molecule has 90 heavy (non-hydrogen) atoms. The van der Waals surface area contributed by atoms with E-state index < -0.39 is 120 Å². The van der Waals surface area contributed by atoms with Gasteiger partial charge in [-0.1, -0.05) is 50.3 Å².